The third kappa shape index (κ3) is 6.38. The summed E-state index contributed by atoms with van der Waals surface area (Å²) >= 11 is 0. The van der Waals surface area contributed by atoms with Gasteiger partial charge in [0.05, 0.1) is 26.8 Å². The van der Waals surface area contributed by atoms with Crippen molar-refractivity contribution in [2.45, 2.75) is 12.8 Å². The van der Waals surface area contributed by atoms with Crippen LogP contribution in [0.4, 0.5) is 11.6 Å². The quantitative estimate of drug-likeness (QED) is 0.312. The molecular weight excluding hydrogens is 530 g/mol. The van der Waals surface area contributed by atoms with E-state index in [1.807, 2.05) is 13.1 Å². The Hall–Kier alpha value is -4.86. The molecule has 1 aromatic carbocycles. The largest absolute Gasteiger partial charge is 0.501 e. The summed E-state index contributed by atoms with van der Waals surface area (Å²) in [6, 6.07) is 10.2. The summed E-state index contributed by atoms with van der Waals surface area (Å²) < 4.78 is 16.6. The molecule has 0 saturated carbocycles. The highest BCUT2D eigenvalue weighted by Crippen LogP contribution is 2.32. The molecule has 218 valence electrons. The lowest BCUT2D eigenvalue weighted by atomic mass is 10.0. The lowest BCUT2D eigenvalue weighted by Crippen LogP contribution is -2.31. The first-order valence-corrected chi connectivity index (χ1v) is 13.9. The highest BCUT2D eigenvalue weighted by atomic mass is 16.5. The van der Waals surface area contributed by atoms with Crippen LogP contribution in [0.1, 0.15) is 18.4 Å². The number of ether oxygens (including phenoxy) is 3. The van der Waals surface area contributed by atoms with Crippen LogP contribution in [0.15, 0.2) is 84.4 Å². The molecule has 3 heterocycles. The average molecular weight is 568 g/mol. The minimum Gasteiger partial charge on any atom is -0.501 e. The first-order chi connectivity index (χ1) is 20.5. The van der Waals surface area contributed by atoms with Crippen LogP contribution in [0.3, 0.4) is 0 Å². The monoisotopic (exact) mass is 567 g/mol. The summed E-state index contributed by atoms with van der Waals surface area (Å²) in [5, 5.41) is 11.9. The van der Waals surface area contributed by atoms with Gasteiger partial charge in [0, 0.05) is 104 Å². The van der Waals surface area contributed by atoms with Crippen LogP contribution in [0.2, 0.25) is 0 Å². The molecule has 1 aliphatic heterocycles. The summed E-state index contributed by atoms with van der Waals surface area (Å²) in [5.41, 5.74) is 4.61. The average Bonchev–Trinajstić information content (AvgIpc) is 3.40. The summed E-state index contributed by atoms with van der Waals surface area (Å²) in [7, 11) is 6.80. The zero-order valence-corrected chi connectivity index (χ0v) is 24.5. The molecule has 1 unspecified atom stereocenters. The minimum absolute atomic E-state index is 0.362. The molecule has 1 atom stereocenters. The number of hydrogen-bond acceptors (Lipinski definition) is 10. The molecular formula is C32H37N7O3. The molecule has 0 radical (unpaired) electrons. The molecule has 5 rings (SSSR count). The van der Waals surface area contributed by atoms with Crippen molar-refractivity contribution in [1.29, 1.82) is 5.41 Å². The highest BCUT2D eigenvalue weighted by Gasteiger charge is 2.28. The van der Waals surface area contributed by atoms with Gasteiger partial charge in [-0.05, 0) is 36.6 Å². The van der Waals surface area contributed by atoms with Gasteiger partial charge in [-0.25, -0.2) is 4.98 Å². The molecule has 10 heteroatoms. The Labute approximate surface area is 246 Å². The van der Waals surface area contributed by atoms with Crippen LogP contribution in [0.5, 0.6) is 5.88 Å². The molecule has 0 amide bonds. The molecule has 1 fully saturated rings. The number of methoxy groups -OCH3 is 3. The van der Waals surface area contributed by atoms with Crippen LogP contribution in [-0.2, 0) is 9.47 Å². The van der Waals surface area contributed by atoms with Crippen molar-refractivity contribution in [2.24, 2.45) is 5.92 Å². The SMILES string of the molecule is CN/C=C(\C=N)c1cnc2ccc(N(CC3CCN(c4nccc(OC)n4)C3)C3=CCC(OC)=CC(OC)=C3)cc2c1. The fraction of sp³-hybridized carbons (Fsp3) is 0.312. The van der Waals surface area contributed by atoms with E-state index in [9.17, 15) is 0 Å². The third-order valence-electron chi connectivity index (χ3n) is 7.52. The van der Waals surface area contributed by atoms with E-state index in [4.69, 9.17) is 19.6 Å². The van der Waals surface area contributed by atoms with E-state index in [1.54, 1.807) is 46.0 Å². The zero-order valence-electron chi connectivity index (χ0n) is 24.5. The predicted octanol–water partition coefficient (Wildman–Crippen LogP) is 4.92. The van der Waals surface area contributed by atoms with Gasteiger partial charge in [-0.3, -0.25) is 4.98 Å². The maximum absolute atomic E-state index is 7.84. The fourth-order valence-corrected chi connectivity index (χ4v) is 5.31. The molecule has 2 aliphatic rings. The van der Waals surface area contributed by atoms with E-state index in [-0.39, 0.29) is 0 Å². The van der Waals surface area contributed by atoms with Crippen LogP contribution in [0.25, 0.3) is 16.5 Å². The van der Waals surface area contributed by atoms with Gasteiger partial charge < -0.3 is 34.7 Å². The first kappa shape index (κ1) is 28.7. The van der Waals surface area contributed by atoms with Gasteiger partial charge >= 0.3 is 0 Å². The van der Waals surface area contributed by atoms with Crippen LogP contribution >= 0.6 is 0 Å². The van der Waals surface area contributed by atoms with Crippen molar-refractivity contribution < 1.29 is 14.2 Å². The van der Waals surface area contributed by atoms with Crippen molar-refractivity contribution in [3.05, 3.63) is 89.9 Å². The van der Waals surface area contributed by atoms with Gasteiger partial charge in [0.25, 0.3) is 0 Å². The fourth-order valence-electron chi connectivity index (χ4n) is 5.31. The normalized spacial score (nSPS) is 17.1. The number of fused-ring (bicyclic) bond motifs is 1. The molecule has 0 spiro atoms. The molecule has 1 saturated heterocycles. The number of allylic oxidation sites excluding steroid dienone is 4. The predicted molar refractivity (Wildman–Crippen MR) is 167 cm³/mol. The maximum atomic E-state index is 7.84. The van der Waals surface area contributed by atoms with Crippen molar-refractivity contribution in [3.8, 4) is 5.88 Å². The summed E-state index contributed by atoms with van der Waals surface area (Å²) in [5.74, 6) is 3.18. The van der Waals surface area contributed by atoms with E-state index in [0.717, 1.165) is 71.0 Å². The summed E-state index contributed by atoms with van der Waals surface area (Å²) in [4.78, 5) is 18.3. The van der Waals surface area contributed by atoms with E-state index in [0.29, 0.717) is 24.2 Å². The Morgan fingerprint density at radius 2 is 2.00 bits per heavy atom. The molecule has 0 bridgehead atoms. The highest BCUT2D eigenvalue weighted by molar-refractivity contribution is 6.09. The number of anilines is 2. The molecule has 1 aliphatic carbocycles. The van der Waals surface area contributed by atoms with Gasteiger partial charge in [0.2, 0.25) is 11.8 Å². The van der Waals surface area contributed by atoms with E-state index >= 15 is 0 Å². The number of rotatable bonds is 11. The number of nitrogens with one attached hydrogen (secondary N) is 2. The van der Waals surface area contributed by atoms with Crippen LogP contribution in [-0.4, -0.2) is 69.2 Å². The summed E-state index contributed by atoms with van der Waals surface area (Å²) in [6.45, 7) is 2.48. The molecule has 10 nitrogen and oxygen atoms in total. The van der Waals surface area contributed by atoms with Gasteiger partial charge in [0.15, 0.2) is 0 Å². The number of hydrogen-bond donors (Lipinski definition) is 2. The topological polar surface area (TPSA) is 109 Å². The second-order valence-electron chi connectivity index (χ2n) is 10.1. The molecule has 3 aromatic rings. The summed E-state index contributed by atoms with van der Waals surface area (Å²) in [6.07, 6.45) is 14.5. The Balaban J connectivity index is 1.50. The number of aromatic nitrogens is 3. The molecule has 2 aromatic heterocycles. The molecule has 42 heavy (non-hydrogen) atoms. The van der Waals surface area contributed by atoms with Gasteiger partial charge in [-0.1, -0.05) is 6.08 Å². The van der Waals surface area contributed by atoms with Gasteiger partial charge in [0.1, 0.15) is 11.5 Å². The van der Waals surface area contributed by atoms with Crippen LogP contribution < -0.4 is 19.9 Å². The number of nitrogens with zero attached hydrogens (tertiary/aromatic N) is 5. The van der Waals surface area contributed by atoms with Crippen molar-refractivity contribution in [2.75, 3.05) is 57.8 Å². The van der Waals surface area contributed by atoms with Crippen molar-refractivity contribution in [3.63, 3.8) is 0 Å². The van der Waals surface area contributed by atoms with E-state index in [2.05, 4.69) is 66.5 Å². The van der Waals surface area contributed by atoms with E-state index < -0.39 is 0 Å². The number of pyridine rings is 1. The standard InChI is InChI=1S/C32H37N7O3/c1-34-18-25(17-33)24-13-23-14-26(6-8-30(23)36-19-24)39(27-5-7-28(40-2)16-29(15-27)41-3)21-22-10-12-38(20-22)32-35-11-9-31(37-32)42-4/h5-6,8-9,11,13-19,22,33-34H,7,10,12,20-21H2,1-4H3/b25-18+,33-17?. The lowest BCUT2D eigenvalue weighted by Gasteiger charge is -2.29. The van der Waals surface area contributed by atoms with Gasteiger partial charge in [-0.2, -0.15) is 4.98 Å². The number of benzene rings is 1. The first-order valence-electron chi connectivity index (χ1n) is 13.9. The van der Waals surface area contributed by atoms with Crippen LogP contribution in [0, 0.1) is 11.3 Å². The Bertz CT molecular complexity index is 1560. The zero-order chi connectivity index (χ0) is 29.5. The second-order valence-corrected chi connectivity index (χ2v) is 10.1. The second kappa shape index (κ2) is 13.2. The maximum Gasteiger partial charge on any atom is 0.228 e. The lowest BCUT2D eigenvalue weighted by molar-refractivity contribution is 0.271. The Morgan fingerprint density at radius 1 is 1.12 bits per heavy atom. The Morgan fingerprint density at radius 3 is 2.76 bits per heavy atom. The third-order valence-corrected chi connectivity index (χ3v) is 7.52. The minimum atomic E-state index is 0.362. The smallest absolute Gasteiger partial charge is 0.228 e. The van der Waals surface area contributed by atoms with Crippen molar-refractivity contribution >= 4 is 34.3 Å². The Kier molecular flexibility index (Phi) is 9.01. The van der Waals surface area contributed by atoms with E-state index in [1.165, 1.54) is 6.21 Å². The molecule has 2 N–H and O–H groups in total. The van der Waals surface area contributed by atoms with Gasteiger partial charge in [-0.15, -0.1) is 0 Å². The van der Waals surface area contributed by atoms with Crippen molar-refractivity contribution in [1.82, 2.24) is 20.3 Å².